The summed E-state index contributed by atoms with van der Waals surface area (Å²) in [6.45, 7) is 2.09. The number of rotatable bonds is 5. The smallest absolute Gasteiger partial charge is 0.338 e. The quantitative estimate of drug-likeness (QED) is 0.816. The van der Waals surface area contributed by atoms with Crippen LogP contribution in [0, 0.1) is 0 Å². The maximum absolute atomic E-state index is 11.9. The molecule has 0 unspecified atom stereocenters. The summed E-state index contributed by atoms with van der Waals surface area (Å²) in [6, 6.07) is 8.78. The number of esters is 1. The number of carbonyl (C=O) groups excluding carboxylic acids is 2. The fourth-order valence-electron chi connectivity index (χ4n) is 1.72. The molecule has 1 heterocycles. The summed E-state index contributed by atoms with van der Waals surface area (Å²) < 4.78 is 5.57. The number of hydrogen-bond donors (Lipinski definition) is 1. The van der Waals surface area contributed by atoms with E-state index in [1.807, 2.05) is 17.5 Å². The van der Waals surface area contributed by atoms with E-state index in [2.05, 4.69) is 21.2 Å². The molecule has 0 aliphatic heterocycles. The predicted molar refractivity (Wildman–Crippen MR) is 86.8 cm³/mol. The van der Waals surface area contributed by atoms with Crippen LogP contribution in [0.25, 0.3) is 0 Å². The van der Waals surface area contributed by atoms with E-state index in [1.165, 1.54) is 0 Å². The van der Waals surface area contributed by atoms with Gasteiger partial charge < -0.3 is 10.1 Å². The standard InChI is InChI=1S/C15H14BrNO3S/c1-2-20-15(19)10-5-6-13(12(16)8-10)17-14(18)9-11-4-3-7-21-11/h3-8H,2,9H2,1H3,(H,17,18). The van der Waals surface area contributed by atoms with Gasteiger partial charge in [0, 0.05) is 9.35 Å². The third-order valence-electron chi connectivity index (χ3n) is 2.67. The van der Waals surface area contributed by atoms with Gasteiger partial charge in [0.2, 0.25) is 5.91 Å². The van der Waals surface area contributed by atoms with Crippen LogP contribution in [0.2, 0.25) is 0 Å². The molecule has 21 heavy (non-hydrogen) atoms. The highest BCUT2D eigenvalue weighted by Gasteiger charge is 2.11. The number of thiophene rings is 1. The van der Waals surface area contributed by atoms with E-state index < -0.39 is 0 Å². The van der Waals surface area contributed by atoms with E-state index >= 15 is 0 Å². The lowest BCUT2D eigenvalue weighted by Gasteiger charge is -2.08. The number of halogens is 1. The van der Waals surface area contributed by atoms with Gasteiger partial charge in [0.05, 0.1) is 24.3 Å². The maximum Gasteiger partial charge on any atom is 0.338 e. The lowest BCUT2D eigenvalue weighted by molar-refractivity contribution is -0.115. The Morgan fingerprint density at radius 3 is 2.76 bits per heavy atom. The van der Waals surface area contributed by atoms with Crippen molar-refractivity contribution in [1.82, 2.24) is 0 Å². The molecule has 4 nitrogen and oxygen atoms in total. The van der Waals surface area contributed by atoms with Crippen LogP contribution in [0.15, 0.2) is 40.2 Å². The summed E-state index contributed by atoms with van der Waals surface area (Å²) in [5.74, 6) is -0.475. The molecule has 0 radical (unpaired) electrons. The minimum absolute atomic E-state index is 0.0953. The van der Waals surface area contributed by atoms with Gasteiger partial charge >= 0.3 is 5.97 Å². The van der Waals surface area contributed by atoms with Crippen molar-refractivity contribution in [2.24, 2.45) is 0 Å². The van der Waals surface area contributed by atoms with Crippen molar-refractivity contribution < 1.29 is 14.3 Å². The maximum atomic E-state index is 11.9. The van der Waals surface area contributed by atoms with E-state index in [4.69, 9.17) is 4.74 Å². The normalized spacial score (nSPS) is 10.2. The second-order valence-electron chi connectivity index (χ2n) is 4.22. The summed E-state index contributed by atoms with van der Waals surface area (Å²) >= 11 is 4.90. The SMILES string of the molecule is CCOC(=O)c1ccc(NC(=O)Cc2cccs2)c(Br)c1. The monoisotopic (exact) mass is 367 g/mol. The van der Waals surface area contributed by atoms with Crippen LogP contribution in [0.5, 0.6) is 0 Å². The fourth-order valence-corrected chi connectivity index (χ4v) is 2.91. The first-order valence-electron chi connectivity index (χ1n) is 6.39. The molecule has 0 aliphatic rings. The van der Waals surface area contributed by atoms with E-state index in [-0.39, 0.29) is 11.9 Å². The van der Waals surface area contributed by atoms with Crippen LogP contribution in [-0.4, -0.2) is 18.5 Å². The molecule has 0 spiro atoms. The Labute approximate surface area is 135 Å². The highest BCUT2D eigenvalue weighted by atomic mass is 79.9. The van der Waals surface area contributed by atoms with Crippen molar-refractivity contribution in [3.8, 4) is 0 Å². The van der Waals surface area contributed by atoms with E-state index in [0.717, 1.165) is 4.88 Å². The Morgan fingerprint density at radius 2 is 2.14 bits per heavy atom. The zero-order valence-corrected chi connectivity index (χ0v) is 13.8. The van der Waals surface area contributed by atoms with Gasteiger partial charge in [0.25, 0.3) is 0 Å². The molecule has 0 saturated heterocycles. The fraction of sp³-hybridized carbons (Fsp3) is 0.200. The average Bonchev–Trinajstić information content (AvgIpc) is 2.94. The molecule has 6 heteroatoms. The molecule has 1 amide bonds. The Bertz CT molecular complexity index is 640. The summed E-state index contributed by atoms with van der Waals surface area (Å²) in [6.07, 6.45) is 0.337. The summed E-state index contributed by atoms with van der Waals surface area (Å²) in [5, 5.41) is 4.75. The molecular weight excluding hydrogens is 354 g/mol. The van der Waals surface area contributed by atoms with Crippen molar-refractivity contribution in [3.05, 3.63) is 50.6 Å². The molecular formula is C15H14BrNO3S. The third kappa shape index (κ3) is 4.41. The van der Waals surface area contributed by atoms with Gasteiger partial charge in [-0.3, -0.25) is 4.79 Å². The van der Waals surface area contributed by atoms with Crippen molar-refractivity contribution >= 4 is 44.8 Å². The second kappa shape index (κ2) is 7.38. The molecule has 2 rings (SSSR count). The highest BCUT2D eigenvalue weighted by molar-refractivity contribution is 9.10. The van der Waals surface area contributed by atoms with Gasteiger partial charge in [0.15, 0.2) is 0 Å². The summed E-state index contributed by atoms with van der Waals surface area (Å²) in [5.41, 5.74) is 1.07. The van der Waals surface area contributed by atoms with Crippen LogP contribution >= 0.6 is 27.3 Å². The molecule has 110 valence electrons. The number of amides is 1. The largest absolute Gasteiger partial charge is 0.462 e. The van der Waals surface area contributed by atoms with Gasteiger partial charge in [-0.15, -0.1) is 11.3 Å². The van der Waals surface area contributed by atoms with E-state index in [0.29, 0.717) is 28.8 Å². The zero-order valence-electron chi connectivity index (χ0n) is 11.4. The number of carbonyl (C=O) groups is 2. The highest BCUT2D eigenvalue weighted by Crippen LogP contribution is 2.24. The van der Waals surface area contributed by atoms with Crippen LogP contribution in [0.1, 0.15) is 22.2 Å². The summed E-state index contributed by atoms with van der Waals surface area (Å²) in [7, 11) is 0. The molecule has 0 bridgehead atoms. The first-order chi connectivity index (χ1) is 10.1. The van der Waals surface area contributed by atoms with Crippen LogP contribution in [0.3, 0.4) is 0 Å². The molecule has 2 aromatic rings. The first-order valence-corrected chi connectivity index (χ1v) is 8.06. The van der Waals surface area contributed by atoms with Crippen LogP contribution < -0.4 is 5.32 Å². The van der Waals surface area contributed by atoms with Crippen LogP contribution in [-0.2, 0) is 16.0 Å². The Hall–Kier alpha value is -1.66. The van der Waals surface area contributed by atoms with Gasteiger partial charge in [-0.1, -0.05) is 6.07 Å². The molecule has 0 fully saturated rings. The number of nitrogens with one attached hydrogen (secondary N) is 1. The molecule has 0 atom stereocenters. The summed E-state index contributed by atoms with van der Waals surface area (Å²) in [4.78, 5) is 24.6. The molecule has 0 saturated carbocycles. The van der Waals surface area contributed by atoms with Gasteiger partial charge in [0.1, 0.15) is 0 Å². The minimum atomic E-state index is -0.380. The van der Waals surface area contributed by atoms with E-state index in [1.54, 1.807) is 36.5 Å². The van der Waals surface area contributed by atoms with Gasteiger partial charge in [-0.2, -0.15) is 0 Å². The Morgan fingerprint density at radius 1 is 1.33 bits per heavy atom. The first kappa shape index (κ1) is 15.7. The van der Waals surface area contributed by atoms with Crippen molar-refractivity contribution in [2.75, 3.05) is 11.9 Å². The number of anilines is 1. The number of hydrogen-bond acceptors (Lipinski definition) is 4. The molecule has 1 N–H and O–H groups in total. The van der Waals surface area contributed by atoms with Crippen molar-refractivity contribution in [1.29, 1.82) is 0 Å². The van der Waals surface area contributed by atoms with Gasteiger partial charge in [-0.25, -0.2) is 4.79 Å². The predicted octanol–water partition coefficient (Wildman–Crippen LogP) is 3.87. The average molecular weight is 368 g/mol. The Kier molecular flexibility index (Phi) is 5.52. The topological polar surface area (TPSA) is 55.4 Å². The number of ether oxygens (including phenoxy) is 1. The van der Waals surface area contributed by atoms with Crippen molar-refractivity contribution in [2.45, 2.75) is 13.3 Å². The van der Waals surface area contributed by atoms with Crippen molar-refractivity contribution in [3.63, 3.8) is 0 Å². The zero-order chi connectivity index (χ0) is 15.2. The molecule has 1 aromatic carbocycles. The van der Waals surface area contributed by atoms with Gasteiger partial charge in [-0.05, 0) is 52.5 Å². The second-order valence-corrected chi connectivity index (χ2v) is 6.11. The third-order valence-corrected chi connectivity index (χ3v) is 4.20. The van der Waals surface area contributed by atoms with Crippen LogP contribution in [0.4, 0.5) is 5.69 Å². The lowest BCUT2D eigenvalue weighted by Crippen LogP contribution is -2.14. The Balaban J connectivity index is 2.03. The molecule has 0 aliphatic carbocycles. The van der Waals surface area contributed by atoms with E-state index in [9.17, 15) is 9.59 Å². The molecule has 1 aromatic heterocycles. The number of benzene rings is 1. The minimum Gasteiger partial charge on any atom is -0.462 e. The lowest BCUT2D eigenvalue weighted by atomic mass is 10.2.